The molecule has 68 valence electrons. The van der Waals surface area contributed by atoms with Gasteiger partial charge in [-0.2, -0.15) is 0 Å². The van der Waals surface area contributed by atoms with Gasteiger partial charge in [-0.1, -0.05) is 11.6 Å². The van der Waals surface area contributed by atoms with E-state index in [1.807, 2.05) is 6.92 Å². The lowest BCUT2D eigenvalue weighted by atomic mass is 10.2. The van der Waals surface area contributed by atoms with Crippen molar-refractivity contribution in [2.75, 3.05) is 7.11 Å². The predicted octanol–water partition coefficient (Wildman–Crippen LogP) is 1.93. The number of nitrogens with zero attached hydrogens (tertiary/aromatic N) is 2. The zero-order valence-corrected chi connectivity index (χ0v) is 8.01. The average Bonchev–Trinajstić information content (AvgIpc) is 2.55. The van der Waals surface area contributed by atoms with Crippen LogP contribution in [-0.2, 0) is 0 Å². The maximum Gasteiger partial charge on any atom is 0.259 e. The summed E-state index contributed by atoms with van der Waals surface area (Å²) in [4.78, 5) is 4.12. The minimum absolute atomic E-state index is 0.495. The van der Waals surface area contributed by atoms with Gasteiger partial charge in [0.15, 0.2) is 5.52 Å². The lowest BCUT2D eigenvalue weighted by molar-refractivity contribution is 0.400. The fourth-order valence-electron chi connectivity index (χ4n) is 1.18. The van der Waals surface area contributed by atoms with Crippen molar-refractivity contribution in [2.24, 2.45) is 0 Å². The van der Waals surface area contributed by atoms with Crippen LogP contribution in [0.2, 0.25) is 5.02 Å². The fourth-order valence-corrected chi connectivity index (χ4v) is 1.32. The van der Waals surface area contributed by atoms with Crippen LogP contribution in [0.4, 0.5) is 0 Å². The molecule has 0 aliphatic heterocycles. The molecule has 0 saturated carbocycles. The second-order valence-electron chi connectivity index (χ2n) is 2.69. The van der Waals surface area contributed by atoms with Crippen molar-refractivity contribution in [1.29, 1.82) is 0 Å². The molecule has 0 atom stereocenters. The molecule has 4 nitrogen and oxygen atoms in total. The SMILES string of the molecule is COc1n[nH]c2c(C)c(Cl)cnc12. The third kappa shape index (κ3) is 1.14. The van der Waals surface area contributed by atoms with Crippen molar-refractivity contribution in [3.63, 3.8) is 0 Å². The molecular weight excluding hydrogens is 190 g/mol. The van der Waals surface area contributed by atoms with Crippen LogP contribution in [0, 0.1) is 6.92 Å². The van der Waals surface area contributed by atoms with Crippen molar-refractivity contribution >= 4 is 22.6 Å². The fraction of sp³-hybridized carbons (Fsp3) is 0.250. The largest absolute Gasteiger partial charge is 0.478 e. The van der Waals surface area contributed by atoms with Crippen LogP contribution < -0.4 is 4.74 Å². The summed E-state index contributed by atoms with van der Waals surface area (Å²) in [5, 5.41) is 7.40. The molecule has 13 heavy (non-hydrogen) atoms. The van der Waals surface area contributed by atoms with E-state index in [-0.39, 0.29) is 0 Å². The topological polar surface area (TPSA) is 50.8 Å². The zero-order chi connectivity index (χ0) is 9.42. The third-order valence-electron chi connectivity index (χ3n) is 1.94. The first kappa shape index (κ1) is 8.31. The van der Waals surface area contributed by atoms with E-state index in [1.54, 1.807) is 13.3 Å². The lowest BCUT2D eigenvalue weighted by Crippen LogP contribution is -1.85. The first-order chi connectivity index (χ1) is 6.24. The number of methoxy groups -OCH3 is 1. The number of fused-ring (bicyclic) bond motifs is 1. The molecule has 0 radical (unpaired) electrons. The van der Waals surface area contributed by atoms with E-state index in [0.29, 0.717) is 16.4 Å². The molecule has 0 unspecified atom stereocenters. The van der Waals surface area contributed by atoms with Gasteiger partial charge in [0.1, 0.15) is 0 Å². The summed E-state index contributed by atoms with van der Waals surface area (Å²) >= 11 is 5.89. The van der Waals surface area contributed by atoms with E-state index in [0.717, 1.165) is 11.1 Å². The van der Waals surface area contributed by atoms with Crippen LogP contribution in [0.1, 0.15) is 5.56 Å². The van der Waals surface area contributed by atoms with E-state index >= 15 is 0 Å². The molecule has 2 rings (SSSR count). The van der Waals surface area contributed by atoms with E-state index < -0.39 is 0 Å². The summed E-state index contributed by atoms with van der Waals surface area (Å²) in [6.07, 6.45) is 1.59. The van der Waals surface area contributed by atoms with Crippen LogP contribution in [0.3, 0.4) is 0 Å². The van der Waals surface area contributed by atoms with E-state index in [1.165, 1.54) is 0 Å². The Morgan fingerprint density at radius 2 is 2.31 bits per heavy atom. The molecule has 0 bridgehead atoms. The quantitative estimate of drug-likeness (QED) is 0.760. The monoisotopic (exact) mass is 197 g/mol. The number of hydrogen-bond acceptors (Lipinski definition) is 3. The Bertz CT molecular complexity index is 452. The van der Waals surface area contributed by atoms with Crippen molar-refractivity contribution in [2.45, 2.75) is 6.92 Å². The molecule has 0 spiro atoms. The molecular formula is C8H8ClN3O. The number of aromatic nitrogens is 3. The van der Waals surface area contributed by atoms with Crippen molar-refractivity contribution in [3.8, 4) is 5.88 Å². The third-order valence-corrected chi connectivity index (χ3v) is 2.32. The second kappa shape index (κ2) is 2.88. The normalized spacial score (nSPS) is 10.7. The maximum absolute atomic E-state index is 5.89. The summed E-state index contributed by atoms with van der Waals surface area (Å²) in [5.41, 5.74) is 2.47. The van der Waals surface area contributed by atoms with Gasteiger partial charge >= 0.3 is 0 Å². The van der Waals surface area contributed by atoms with Crippen LogP contribution in [0.5, 0.6) is 5.88 Å². The number of ether oxygens (including phenoxy) is 1. The van der Waals surface area contributed by atoms with Crippen LogP contribution in [0.25, 0.3) is 11.0 Å². The zero-order valence-electron chi connectivity index (χ0n) is 7.26. The second-order valence-corrected chi connectivity index (χ2v) is 3.09. The first-order valence-electron chi connectivity index (χ1n) is 3.77. The molecule has 0 aliphatic carbocycles. The van der Waals surface area contributed by atoms with Gasteiger partial charge in [-0.3, -0.25) is 5.10 Å². The molecule has 0 fully saturated rings. The molecule has 0 aromatic carbocycles. The Labute approximate surface area is 79.9 Å². The van der Waals surface area contributed by atoms with Gasteiger partial charge in [-0.25, -0.2) is 4.98 Å². The molecule has 0 amide bonds. The highest BCUT2D eigenvalue weighted by molar-refractivity contribution is 6.32. The standard InChI is InChI=1S/C8H8ClN3O/c1-4-5(9)3-10-7-6(4)11-12-8(7)13-2/h3H,1-2H3,(H,11,12). The Morgan fingerprint density at radius 3 is 3.00 bits per heavy atom. The van der Waals surface area contributed by atoms with Gasteiger partial charge < -0.3 is 4.74 Å². The highest BCUT2D eigenvalue weighted by atomic mass is 35.5. The number of aryl methyl sites for hydroxylation is 1. The Balaban J connectivity index is 2.81. The van der Waals surface area contributed by atoms with Gasteiger partial charge in [0.2, 0.25) is 0 Å². The smallest absolute Gasteiger partial charge is 0.259 e. The molecule has 0 aliphatic rings. The van der Waals surface area contributed by atoms with Gasteiger partial charge in [0.25, 0.3) is 5.88 Å². The molecule has 2 heterocycles. The highest BCUT2D eigenvalue weighted by Crippen LogP contribution is 2.26. The van der Waals surface area contributed by atoms with Crippen molar-refractivity contribution in [3.05, 3.63) is 16.8 Å². The summed E-state index contributed by atoms with van der Waals surface area (Å²) in [6, 6.07) is 0. The Kier molecular flexibility index (Phi) is 1.84. The van der Waals surface area contributed by atoms with Crippen molar-refractivity contribution < 1.29 is 4.74 Å². The summed E-state index contributed by atoms with van der Waals surface area (Å²) in [5.74, 6) is 0.495. The number of nitrogens with one attached hydrogen (secondary N) is 1. The van der Waals surface area contributed by atoms with Gasteiger partial charge in [0, 0.05) is 6.20 Å². The molecule has 0 saturated heterocycles. The van der Waals surface area contributed by atoms with Gasteiger partial charge in [-0.05, 0) is 12.5 Å². The number of pyridine rings is 1. The number of H-pyrrole nitrogens is 1. The number of rotatable bonds is 1. The molecule has 2 aromatic heterocycles. The number of halogens is 1. The molecule has 1 N–H and O–H groups in total. The van der Waals surface area contributed by atoms with Crippen LogP contribution >= 0.6 is 11.6 Å². The van der Waals surface area contributed by atoms with Crippen molar-refractivity contribution in [1.82, 2.24) is 15.2 Å². The highest BCUT2D eigenvalue weighted by Gasteiger charge is 2.10. The van der Waals surface area contributed by atoms with Gasteiger partial charge in [-0.15, -0.1) is 5.10 Å². The minimum Gasteiger partial charge on any atom is -0.478 e. The maximum atomic E-state index is 5.89. The van der Waals surface area contributed by atoms with E-state index in [4.69, 9.17) is 16.3 Å². The summed E-state index contributed by atoms with van der Waals surface area (Å²) in [6.45, 7) is 1.91. The first-order valence-corrected chi connectivity index (χ1v) is 4.15. The number of hydrogen-bond donors (Lipinski definition) is 1. The van der Waals surface area contributed by atoms with Gasteiger partial charge in [0.05, 0.1) is 17.6 Å². The van der Waals surface area contributed by atoms with E-state index in [2.05, 4.69) is 15.2 Å². The molecule has 2 aromatic rings. The van der Waals surface area contributed by atoms with Crippen LogP contribution in [-0.4, -0.2) is 22.3 Å². The molecule has 5 heteroatoms. The summed E-state index contributed by atoms with van der Waals surface area (Å²) in [7, 11) is 1.56. The average molecular weight is 198 g/mol. The predicted molar refractivity (Wildman–Crippen MR) is 50.2 cm³/mol. The minimum atomic E-state index is 0.495. The lowest BCUT2D eigenvalue weighted by Gasteiger charge is -1.97. The number of aromatic amines is 1. The summed E-state index contributed by atoms with van der Waals surface area (Å²) < 4.78 is 5.01. The van der Waals surface area contributed by atoms with Crippen LogP contribution in [0.15, 0.2) is 6.20 Å². The van der Waals surface area contributed by atoms with E-state index in [9.17, 15) is 0 Å². The Hall–Kier alpha value is -1.29. The Morgan fingerprint density at radius 1 is 1.54 bits per heavy atom.